The fourth-order valence-corrected chi connectivity index (χ4v) is 4.61. The number of hydrogen-bond acceptors (Lipinski definition) is 6. The minimum atomic E-state index is -2.09. The Kier molecular flexibility index (Phi) is 5.96. The van der Waals surface area contributed by atoms with Crippen molar-refractivity contribution in [2.75, 3.05) is 18.0 Å². The van der Waals surface area contributed by atoms with Crippen LogP contribution in [0.3, 0.4) is 0 Å². The second-order valence-corrected chi connectivity index (χ2v) is 8.71. The Morgan fingerprint density at radius 2 is 1.90 bits per heavy atom. The van der Waals surface area contributed by atoms with Gasteiger partial charge in [-0.2, -0.15) is 9.78 Å². The zero-order chi connectivity index (χ0) is 20.4. The van der Waals surface area contributed by atoms with Crippen molar-refractivity contribution in [3.8, 4) is 11.4 Å². The topological polar surface area (TPSA) is 87.5 Å². The van der Waals surface area contributed by atoms with Crippen LogP contribution in [0.1, 0.15) is 38.5 Å². The number of nitrogens with zero attached hydrogens (tertiary/aromatic N) is 3. The van der Waals surface area contributed by atoms with Gasteiger partial charge in [0.2, 0.25) is 5.75 Å². The third kappa shape index (κ3) is 4.35. The maximum absolute atomic E-state index is 13.7. The van der Waals surface area contributed by atoms with Crippen LogP contribution in [0.5, 0.6) is 5.75 Å². The van der Waals surface area contributed by atoms with Gasteiger partial charge in [0, 0.05) is 18.3 Å². The van der Waals surface area contributed by atoms with Crippen LogP contribution in [0.15, 0.2) is 35.3 Å². The highest BCUT2D eigenvalue weighted by molar-refractivity contribution is 7.79. The van der Waals surface area contributed by atoms with Crippen molar-refractivity contribution in [1.29, 1.82) is 0 Å². The zero-order valence-corrected chi connectivity index (χ0v) is 16.8. The standard InChI is InChI=1S/C20H24FN3O4S/c21-14-4-3-5-15(12-14)24-20(25)19(28-16-6-1-2-7-16)18(13-22-24)23-10-8-17(9-11-23)29(26)27/h3-5,12-13,16-17H,1-2,6-11H2,(H,26,27)/p-1. The second-order valence-electron chi connectivity index (χ2n) is 7.53. The van der Waals surface area contributed by atoms with Crippen LogP contribution in [-0.2, 0) is 11.1 Å². The normalized spacial score (nSPS) is 19.4. The summed E-state index contributed by atoms with van der Waals surface area (Å²) in [5.74, 6) is -0.246. The van der Waals surface area contributed by atoms with Gasteiger partial charge in [0.15, 0.2) is 0 Å². The second kappa shape index (κ2) is 8.62. The highest BCUT2D eigenvalue weighted by Gasteiger charge is 2.27. The Bertz CT molecular complexity index is 953. The van der Waals surface area contributed by atoms with Crippen molar-refractivity contribution in [1.82, 2.24) is 9.78 Å². The molecule has 9 heteroatoms. The van der Waals surface area contributed by atoms with Gasteiger partial charge in [-0.05, 0) is 56.7 Å². The van der Waals surface area contributed by atoms with Crippen molar-refractivity contribution in [3.63, 3.8) is 0 Å². The van der Waals surface area contributed by atoms with Gasteiger partial charge in [-0.1, -0.05) is 17.1 Å². The van der Waals surface area contributed by atoms with Gasteiger partial charge in [-0.3, -0.25) is 9.00 Å². The highest BCUT2D eigenvalue weighted by Crippen LogP contribution is 2.31. The van der Waals surface area contributed by atoms with Gasteiger partial charge in [0.25, 0.3) is 0 Å². The van der Waals surface area contributed by atoms with Crippen molar-refractivity contribution in [3.05, 3.63) is 46.6 Å². The van der Waals surface area contributed by atoms with Crippen LogP contribution in [0.4, 0.5) is 10.1 Å². The molecule has 1 unspecified atom stereocenters. The van der Waals surface area contributed by atoms with E-state index in [1.807, 2.05) is 4.90 Å². The van der Waals surface area contributed by atoms with Gasteiger partial charge in [0.05, 0.1) is 18.0 Å². The van der Waals surface area contributed by atoms with Crippen molar-refractivity contribution in [2.45, 2.75) is 49.9 Å². The summed E-state index contributed by atoms with van der Waals surface area (Å²) < 4.78 is 43.4. The Morgan fingerprint density at radius 3 is 2.55 bits per heavy atom. The van der Waals surface area contributed by atoms with E-state index in [2.05, 4.69) is 5.10 Å². The average Bonchev–Trinajstić information content (AvgIpc) is 3.23. The predicted molar refractivity (Wildman–Crippen MR) is 107 cm³/mol. The Labute approximate surface area is 170 Å². The lowest BCUT2D eigenvalue weighted by molar-refractivity contribution is 0.206. The van der Waals surface area contributed by atoms with Gasteiger partial charge in [-0.25, -0.2) is 4.39 Å². The zero-order valence-electron chi connectivity index (χ0n) is 16.0. The molecule has 2 aliphatic rings. The first-order valence-electron chi connectivity index (χ1n) is 9.91. The molecule has 2 fully saturated rings. The lowest BCUT2D eigenvalue weighted by Gasteiger charge is -2.35. The maximum atomic E-state index is 13.7. The molecule has 29 heavy (non-hydrogen) atoms. The fraction of sp³-hybridized carbons (Fsp3) is 0.500. The molecule has 0 radical (unpaired) electrons. The molecule has 2 aromatic rings. The molecule has 0 N–H and O–H groups in total. The summed E-state index contributed by atoms with van der Waals surface area (Å²) in [6.07, 6.45) is 6.41. The molecule has 1 aromatic heterocycles. The molecule has 1 aliphatic carbocycles. The number of benzene rings is 1. The summed E-state index contributed by atoms with van der Waals surface area (Å²) in [6, 6.07) is 5.70. The molecular formula is C20H23FN3O4S-. The van der Waals surface area contributed by atoms with Crippen LogP contribution in [0.2, 0.25) is 0 Å². The third-order valence-corrected chi connectivity index (χ3v) is 6.62. The number of rotatable bonds is 5. The number of halogens is 1. The van der Waals surface area contributed by atoms with E-state index >= 15 is 0 Å². The van der Waals surface area contributed by atoms with Crippen LogP contribution >= 0.6 is 0 Å². The summed E-state index contributed by atoms with van der Waals surface area (Å²) in [6.45, 7) is 1.01. The van der Waals surface area contributed by atoms with E-state index < -0.39 is 22.5 Å². The molecule has 2 heterocycles. The van der Waals surface area contributed by atoms with Gasteiger partial charge < -0.3 is 14.2 Å². The molecule has 1 saturated heterocycles. The van der Waals surface area contributed by atoms with Crippen molar-refractivity contribution < 1.29 is 17.9 Å². The van der Waals surface area contributed by atoms with E-state index in [-0.39, 0.29) is 17.1 Å². The number of anilines is 1. The lowest BCUT2D eigenvalue weighted by atomic mass is 10.1. The van der Waals surface area contributed by atoms with Crippen LogP contribution < -0.4 is 15.2 Å². The molecule has 7 nitrogen and oxygen atoms in total. The molecule has 4 rings (SSSR count). The van der Waals surface area contributed by atoms with Crippen LogP contribution in [0, 0.1) is 5.82 Å². The number of hydrogen-bond donors (Lipinski definition) is 0. The largest absolute Gasteiger partial charge is 0.772 e. The van der Waals surface area contributed by atoms with E-state index in [0.717, 1.165) is 30.4 Å². The Morgan fingerprint density at radius 1 is 1.17 bits per heavy atom. The molecule has 0 amide bonds. The third-order valence-electron chi connectivity index (χ3n) is 5.61. The Balaban J connectivity index is 1.70. The molecule has 1 atom stereocenters. The molecular weight excluding hydrogens is 397 g/mol. The van der Waals surface area contributed by atoms with Gasteiger partial charge in [0.1, 0.15) is 11.5 Å². The van der Waals surface area contributed by atoms with E-state index in [1.54, 1.807) is 12.3 Å². The first-order chi connectivity index (χ1) is 14.0. The minimum Gasteiger partial charge on any atom is -0.772 e. The lowest BCUT2D eigenvalue weighted by Crippen LogP contribution is -2.39. The summed E-state index contributed by atoms with van der Waals surface area (Å²) in [7, 11) is 0. The monoisotopic (exact) mass is 420 g/mol. The SMILES string of the molecule is O=c1c(OC2CCCC2)c(N2CCC(S(=O)[O-])CC2)cnn1-c1cccc(F)c1. The molecule has 1 aromatic carbocycles. The van der Waals surface area contributed by atoms with E-state index in [0.29, 0.717) is 37.3 Å². The van der Waals surface area contributed by atoms with E-state index in [1.165, 1.54) is 18.2 Å². The molecule has 0 bridgehead atoms. The molecule has 156 valence electrons. The van der Waals surface area contributed by atoms with E-state index in [4.69, 9.17) is 4.74 Å². The highest BCUT2D eigenvalue weighted by atomic mass is 32.2. The summed E-state index contributed by atoms with van der Waals surface area (Å²) >= 11 is -2.09. The predicted octanol–water partition coefficient (Wildman–Crippen LogP) is 2.54. The maximum Gasteiger partial charge on any atom is 0.316 e. The number of piperidine rings is 1. The fourth-order valence-electron chi connectivity index (χ4n) is 4.02. The molecule has 1 saturated carbocycles. The van der Waals surface area contributed by atoms with Gasteiger partial charge in [-0.15, -0.1) is 0 Å². The van der Waals surface area contributed by atoms with Crippen LogP contribution in [0.25, 0.3) is 5.69 Å². The summed E-state index contributed by atoms with van der Waals surface area (Å²) in [5, 5.41) is 3.88. The summed E-state index contributed by atoms with van der Waals surface area (Å²) in [4.78, 5) is 15.2. The average molecular weight is 420 g/mol. The number of aromatic nitrogens is 2. The minimum absolute atomic E-state index is 0.0310. The molecule has 0 spiro atoms. The number of ether oxygens (including phenoxy) is 1. The quantitative estimate of drug-likeness (QED) is 0.691. The Hall–Kier alpha value is -2.26. The van der Waals surface area contributed by atoms with Crippen molar-refractivity contribution >= 4 is 16.8 Å². The molecule has 1 aliphatic heterocycles. The first kappa shape index (κ1) is 20.0. The smallest absolute Gasteiger partial charge is 0.316 e. The van der Waals surface area contributed by atoms with E-state index in [9.17, 15) is 17.9 Å². The van der Waals surface area contributed by atoms with Gasteiger partial charge >= 0.3 is 5.56 Å². The van der Waals surface area contributed by atoms with Crippen molar-refractivity contribution in [2.24, 2.45) is 0 Å². The van der Waals surface area contributed by atoms with Crippen LogP contribution in [-0.4, -0.2) is 43.0 Å². The summed E-state index contributed by atoms with van der Waals surface area (Å²) in [5.41, 5.74) is 0.470. The first-order valence-corrected chi connectivity index (χ1v) is 11.0.